The fourth-order valence-corrected chi connectivity index (χ4v) is 2.00. The van der Waals surface area contributed by atoms with Crippen LogP contribution in [0.2, 0.25) is 0 Å². The Hall–Kier alpha value is -1.70. The third-order valence-electron chi connectivity index (χ3n) is 2.65. The number of ether oxygens (including phenoxy) is 1. The maximum Gasteiger partial charge on any atom is 0.335 e. The van der Waals surface area contributed by atoms with Crippen molar-refractivity contribution in [1.82, 2.24) is 9.97 Å². The minimum absolute atomic E-state index is 0.179. The van der Waals surface area contributed by atoms with E-state index in [9.17, 15) is 4.79 Å². The number of hydrogen-bond acceptors (Lipinski definition) is 4. The highest BCUT2D eigenvalue weighted by Crippen LogP contribution is 2.27. The molecule has 0 atom stereocenters. The van der Waals surface area contributed by atoms with Crippen LogP contribution in [-0.2, 0) is 0 Å². The Morgan fingerprint density at radius 3 is 2.70 bits per heavy atom. The summed E-state index contributed by atoms with van der Waals surface area (Å²) < 4.78 is 6.49. The lowest BCUT2D eigenvalue weighted by molar-refractivity contribution is 0.0696. The van der Waals surface area contributed by atoms with Crippen LogP contribution in [0.1, 0.15) is 35.8 Å². The van der Waals surface area contributed by atoms with Crippen molar-refractivity contribution in [3.05, 3.63) is 45.4 Å². The summed E-state index contributed by atoms with van der Waals surface area (Å²) in [6, 6.07) is 6.48. The van der Waals surface area contributed by atoms with Gasteiger partial charge in [0.25, 0.3) is 0 Å². The van der Waals surface area contributed by atoms with Crippen LogP contribution in [-0.4, -0.2) is 21.0 Å². The first-order valence-electron chi connectivity index (χ1n) is 6.00. The maximum atomic E-state index is 11.0. The summed E-state index contributed by atoms with van der Waals surface area (Å²) in [5, 5.41) is 9.00. The molecule has 2 aromatic rings. The molecule has 0 aliphatic carbocycles. The summed E-state index contributed by atoms with van der Waals surface area (Å²) in [7, 11) is 0. The monoisotopic (exact) mass is 384 g/mol. The van der Waals surface area contributed by atoms with Crippen LogP contribution in [0.3, 0.4) is 0 Å². The summed E-state index contributed by atoms with van der Waals surface area (Å²) in [6.07, 6.45) is 1.44. The molecule has 1 aromatic carbocycles. The molecule has 104 valence electrons. The SMILES string of the molecule is CC(C)c1cc(Oc2cc(C(=O)O)ccc2I)ncn1. The molecular weight excluding hydrogens is 371 g/mol. The van der Waals surface area contributed by atoms with Crippen LogP contribution in [0.4, 0.5) is 0 Å². The Labute approximate surface area is 130 Å². The lowest BCUT2D eigenvalue weighted by atomic mass is 10.1. The van der Waals surface area contributed by atoms with Crippen molar-refractivity contribution in [1.29, 1.82) is 0 Å². The molecule has 0 saturated carbocycles. The van der Waals surface area contributed by atoms with Crippen LogP contribution in [0.5, 0.6) is 11.6 Å². The molecule has 2 rings (SSSR count). The topological polar surface area (TPSA) is 72.3 Å². The van der Waals surface area contributed by atoms with Gasteiger partial charge in [0.1, 0.15) is 12.1 Å². The van der Waals surface area contributed by atoms with Crippen molar-refractivity contribution >= 4 is 28.6 Å². The average Bonchev–Trinajstić information content (AvgIpc) is 2.41. The van der Waals surface area contributed by atoms with Crippen molar-refractivity contribution in [2.45, 2.75) is 19.8 Å². The predicted octanol–water partition coefficient (Wildman–Crippen LogP) is 3.70. The zero-order valence-corrected chi connectivity index (χ0v) is 13.2. The van der Waals surface area contributed by atoms with Gasteiger partial charge in [-0.2, -0.15) is 0 Å². The molecule has 1 aromatic heterocycles. The van der Waals surface area contributed by atoms with Crippen LogP contribution in [0, 0.1) is 3.57 Å². The molecule has 5 nitrogen and oxygen atoms in total. The molecule has 20 heavy (non-hydrogen) atoms. The number of halogens is 1. The van der Waals surface area contributed by atoms with Crippen molar-refractivity contribution in [3.8, 4) is 11.6 Å². The van der Waals surface area contributed by atoms with Gasteiger partial charge in [0.2, 0.25) is 5.88 Å². The Balaban J connectivity index is 2.32. The fourth-order valence-electron chi connectivity index (χ4n) is 1.55. The number of rotatable bonds is 4. The highest BCUT2D eigenvalue weighted by Gasteiger charge is 2.10. The van der Waals surface area contributed by atoms with Crippen LogP contribution in [0.15, 0.2) is 30.6 Å². The van der Waals surface area contributed by atoms with Gasteiger partial charge >= 0.3 is 5.97 Å². The molecule has 0 saturated heterocycles. The molecule has 0 unspecified atom stereocenters. The van der Waals surface area contributed by atoms with Gasteiger partial charge in [-0.15, -0.1) is 0 Å². The Morgan fingerprint density at radius 2 is 2.05 bits per heavy atom. The Morgan fingerprint density at radius 1 is 1.30 bits per heavy atom. The van der Waals surface area contributed by atoms with E-state index in [-0.39, 0.29) is 11.5 Å². The molecular formula is C14H13IN2O3. The molecule has 0 fully saturated rings. The molecule has 0 bridgehead atoms. The lowest BCUT2D eigenvalue weighted by Crippen LogP contribution is -1.99. The molecule has 0 spiro atoms. The Kier molecular flexibility index (Phi) is 4.53. The van der Waals surface area contributed by atoms with Crippen molar-refractivity contribution in [2.24, 2.45) is 0 Å². The molecule has 1 heterocycles. The quantitative estimate of drug-likeness (QED) is 0.814. The largest absolute Gasteiger partial charge is 0.478 e. The molecule has 0 amide bonds. The number of aromatic nitrogens is 2. The number of carboxylic acid groups (broad SMARTS) is 1. The third kappa shape index (κ3) is 3.44. The zero-order chi connectivity index (χ0) is 14.7. The number of aromatic carboxylic acids is 1. The number of carbonyl (C=O) groups is 1. The lowest BCUT2D eigenvalue weighted by Gasteiger charge is -2.09. The van der Waals surface area contributed by atoms with E-state index >= 15 is 0 Å². The van der Waals surface area contributed by atoms with E-state index in [0.717, 1.165) is 9.26 Å². The molecule has 0 aliphatic rings. The summed E-state index contributed by atoms with van der Waals surface area (Å²) in [4.78, 5) is 19.2. The van der Waals surface area contributed by atoms with Gasteiger partial charge in [-0.3, -0.25) is 0 Å². The highest BCUT2D eigenvalue weighted by molar-refractivity contribution is 14.1. The minimum atomic E-state index is -0.989. The van der Waals surface area contributed by atoms with E-state index in [4.69, 9.17) is 9.84 Å². The zero-order valence-electron chi connectivity index (χ0n) is 11.0. The van der Waals surface area contributed by atoms with Crippen molar-refractivity contribution in [2.75, 3.05) is 0 Å². The van der Waals surface area contributed by atoms with E-state index in [1.807, 2.05) is 13.8 Å². The third-order valence-corrected chi connectivity index (χ3v) is 3.54. The first-order chi connectivity index (χ1) is 9.47. The van der Waals surface area contributed by atoms with Gasteiger partial charge < -0.3 is 9.84 Å². The fraction of sp³-hybridized carbons (Fsp3) is 0.214. The van der Waals surface area contributed by atoms with E-state index in [1.54, 1.807) is 12.1 Å². The van der Waals surface area contributed by atoms with E-state index in [2.05, 4.69) is 32.6 Å². The standard InChI is InChI=1S/C14H13IN2O3/c1-8(2)11-6-13(17-7-16-11)20-12-5-9(14(18)19)3-4-10(12)15/h3-8H,1-2H3,(H,18,19). The van der Waals surface area contributed by atoms with Gasteiger partial charge in [0.05, 0.1) is 14.8 Å². The van der Waals surface area contributed by atoms with Gasteiger partial charge in [-0.05, 0) is 46.7 Å². The van der Waals surface area contributed by atoms with E-state index in [1.165, 1.54) is 18.5 Å². The summed E-state index contributed by atoms with van der Waals surface area (Å²) >= 11 is 2.09. The molecule has 6 heteroatoms. The van der Waals surface area contributed by atoms with Gasteiger partial charge in [-0.1, -0.05) is 13.8 Å². The summed E-state index contributed by atoms with van der Waals surface area (Å²) in [6.45, 7) is 4.06. The number of benzene rings is 1. The van der Waals surface area contributed by atoms with Crippen molar-refractivity contribution in [3.63, 3.8) is 0 Å². The van der Waals surface area contributed by atoms with Gasteiger partial charge in [0, 0.05) is 6.07 Å². The van der Waals surface area contributed by atoms with E-state index in [0.29, 0.717) is 11.6 Å². The number of hydrogen-bond donors (Lipinski definition) is 1. The molecule has 1 N–H and O–H groups in total. The second-order valence-electron chi connectivity index (χ2n) is 4.49. The number of nitrogens with zero attached hydrogens (tertiary/aromatic N) is 2. The molecule has 0 aliphatic heterocycles. The first kappa shape index (κ1) is 14.7. The highest BCUT2D eigenvalue weighted by atomic mass is 127. The van der Waals surface area contributed by atoms with Gasteiger partial charge in [-0.25, -0.2) is 14.8 Å². The average molecular weight is 384 g/mol. The number of carboxylic acids is 1. The Bertz CT molecular complexity index is 644. The predicted molar refractivity (Wildman–Crippen MR) is 82.3 cm³/mol. The van der Waals surface area contributed by atoms with Crippen LogP contribution < -0.4 is 4.74 Å². The minimum Gasteiger partial charge on any atom is -0.478 e. The van der Waals surface area contributed by atoms with Crippen molar-refractivity contribution < 1.29 is 14.6 Å². The van der Waals surface area contributed by atoms with Crippen LogP contribution >= 0.6 is 22.6 Å². The van der Waals surface area contributed by atoms with Gasteiger partial charge in [0.15, 0.2) is 0 Å². The maximum absolute atomic E-state index is 11.0. The second kappa shape index (κ2) is 6.17. The van der Waals surface area contributed by atoms with E-state index < -0.39 is 5.97 Å². The molecule has 0 radical (unpaired) electrons. The van der Waals surface area contributed by atoms with Crippen LogP contribution in [0.25, 0.3) is 0 Å². The first-order valence-corrected chi connectivity index (χ1v) is 7.08. The summed E-state index contributed by atoms with van der Waals surface area (Å²) in [5.74, 6) is 0.157. The summed E-state index contributed by atoms with van der Waals surface area (Å²) in [5.41, 5.74) is 1.05. The second-order valence-corrected chi connectivity index (χ2v) is 5.65. The smallest absolute Gasteiger partial charge is 0.335 e. The normalized spacial score (nSPS) is 10.6.